The fourth-order valence-corrected chi connectivity index (χ4v) is 6.70. The van der Waals surface area contributed by atoms with E-state index in [1.807, 2.05) is 0 Å². The molecule has 1 N–H and O–H groups in total. The SMILES string of the molecule is CC(C)S(=O)(=O)N1CCN(C(=O)Nc2cc(Cl)c(C3(c4noc(-c5ccc(F)cc5)n4)CC3)c(Cl)c2)CC1. The molecule has 2 aliphatic rings. The highest BCUT2D eigenvalue weighted by molar-refractivity contribution is 7.89. The number of sulfonamides is 1. The fraction of sp³-hybridized carbons (Fsp3) is 0.400. The van der Waals surface area contributed by atoms with Crippen molar-refractivity contribution in [3.8, 4) is 11.5 Å². The minimum absolute atomic E-state index is 0.238. The maximum Gasteiger partial charge on any atom is 0.321 e. The largest absolute Gasteiger partial charge is 0.334 e. The third-order valence-electron chi connectivity index (χ3n) is 6.95. The number of hydrogen-bond donors (Lipinski definition) is 1. The third-order valence-corrected chi connectivity index (χ3v) is 9.82. The second-order valence-corrected chi connectivity index (χ2v) is 13.0. The normalized spacial score (nSPS) is 17.6. The molecule has 2 aromatic carbocycles. The Balaban J connectivity index is 1.30. The van der Waals surface area contributed by atoms with Crippen molar-refractivity contribution in [3.63, 3.8) is 0 Å². The van der Waals surface area contributed by atoms with Crippen LogP contribution in [-0.2, 0) is 15.4 Å². The van der Waals surface area contributed by atoms with E-state index in [-0.39, 0.29) is 43.9 Å². The highest BCUT2D eigenvalue weighted by atomic mass is 35.5. The molecule has 2 fully saturated rings. The molecule has 2 heterocycles. The number of piperazine rings is 1. The predicted octanol–water partition coefficient (Wildman–Crippen LogP) is 5.15. The van der Waals surface area contributed by atoms with Gasteiger partial charge in [-0.1, -0.05) is 28.4 Å². The number of halogens is 3. The van der Waals surface area contributed by atoms with Crippen LogP contribution in [0.15, 0.2) is 40.9 Å². The third kappa shape index (κ3) is 5.00. The number of carbonyl (C=O) groups excluding carboxylic acids is 1. The summed E-state index contributed by atoms with van der Waals surface area (Å²) >= 11 is 13.3. The topological polar surface area (TPSA) is 109 Å². The lowest BCUT2D eigenvalue weighted by atomic mass is 9.94. The Morgan fingerprint density at radius 2 is 1.68 bits per heavy atom. The van der Waals surface area contributed by atoms with Gasteiger partial charge in [0.15, 0.2) is 5.82 Å². The molecule has 13 heteroatoms. The molecular weight excluding hydrogens is 556 g/mol. The number of amides is 2. The summed E-state index contributed by atoms with van der Waals surface area (Å²) in [6.07, 6.45) is 1.42. The lowest BCUT2D eigenvalue weighted by Crippen LogP contribution is -2.52. The molecular formula is C25H26Cl2FN5O4S. The molecule has 2 amide bonds. The standard InChI is InChI=1S/C25H26Cl2FN5O4S/c1-15(2)38(35,36)33-11-9-32(10-12-33)24(34)29-18-13-19(26)21(20(27)14-18)25(7-8-25)23-30-22(37-31-23)16-3-5-17(28)6-4-16/h3-6,13-15H,7-12H2,1-2H3,(H,29,34). The van der Waals surface area contributed by atoms with Gasteiger partial charge < -0.3 is 14.7 Å². The molecule has 38 heavy (non-hydrogen) atoms. The average molecular weight is 582 g/mol. The Bertz CT molecular complexity index is 1440. The van der Waals surface area contributed by atoms with Gasteiger partial charge in [-0.05, 0) is 63.1 Å². The van der Waals surface area contributed by atoms with Gasteiger partial charge in [-0.3, -0.25) is 0 Å². The van der Waals surface area contributed by atoms with E-state index in [4.69, 9.17) is 27.7 Å². The fourth-order valence-electron chi connectivity index (χ4n) is 4.59. The predicted molar refractivity (Wildman–Crippen MR) is 142 cm³/mol. The first-order valence-electron chi connectivity index (χ1n) is 12.2. The van der Waals surface area contributed by atoms with Crippen molar-refractivity contribution < 1.29 is 22.1 Å². The molecule has 0 unspecified atom stereocenters. The molecule has 9 nitrogen and oxygen atoms in total. The van der Waals surface area contributed by atoms with Gasteiger partial charge in [0.1, 0.15) is 5.82 Å². The Labute approximate surface area is 229 Å². The Morgan fingerprint density at radius 1 is 1.08 bits per heavy atom. The van der Waals surface area contributed by atoms with Gasteiger partial charge >= 0.3 is 6.03 Å². The molecule has 0 bridgehead atoms. The van der Waals surface area contributed by atoms with Gasteiger partial charge in [0.25, 0.3) is 5.89 Å². The Hall–Kier alpha value is -2.73. The molecule has 0 radical (unpaired) electrons. The van der Waals surface area contributed by atoms with Crippen LogP contribution < -0.4 is 5.32 Å². The molecule has 1 aliphatic carbocycles. The van der Waals surface area contributed by atoms with Crippen molar-refractivity contribution in [2.24, 2.45) is 0 Å². The van der Waals surface area contributed by atoms with E-state index < -0.39 is 20.7 Å². The maximum atomic E-state index is 13.3. The highest BCUT2D eigenvalue weighted by Gasteiger charge is 2.52. The molecule has 0 spiro atoms. The van der Waals surface area contributed by atoms with Crippen LogP contribution >= 0.6 is 23.2 Å². The van der Waals surface area contributed by atoms with Gasteiger partial charge in [0.2, 0.25) is 10.0 Å². The van der Waals surface area contributed by atoms with E-state index in [1.165, 1.54) is 16.4 Å². The van der Waals surface area contributed by atoms with Gasteiger partial charge in [-0.15, -0.1) is 0 Å². The zero-order chi connectivity index (χ0) is 27.2. The molecule has 1 aliphatic heterocycles. The van der Waals surface area contributed by atoms with Crippen LogP contribution in [0.25, 0.3) is 11.5 Å². The molecule has 5 rings (SSSR count). The van der Waals surface area contributed by atoms with Crippen molar-refractivity contribution in [2.75, 3.05) is 31.5 Å². The summed E-state index contributed by atoms with van der Waals surface area (Å²) in [7, 11) is -3.36. The molecule has 1 saturated carbocycles. The molecule has 3 aromatic rings. The van der Waals surface area contributed by atoms with Gasteiger partial charge in [0, 0.05) is 53.0 Å². The van der Waals surface area contributed by atoms with E-state index >= 15 is 0 Å². The Morgan fingerprint density at radius 3 is 2.24 bits per heavy atom. The second-order valence-electron chi connectivity index (χ2n) is 9.74. The van der Waals surface area contributed by atoms with Crippen LogP contribution in [0.4, 0.5) is 14.9 Å². The van der Waals surface area contributed by atoms with Gasteiger partial charge in [0.05, 0.1) is 10.7 Å². The summed E-state index contributed by atoms with van der Waals surface area (Å²) in [5.41, 5.74) is 1.05. The highest BCUT2D eigenvalue weighted by Crippen LogP contribution is 2.57. The average Bonchev–Trinajstić information content (AvgIpc) is 3.50. The number of carbonyl (C=O) groups is 1. The van der Waals surface area contributed by atoms with Gasteiger partial charge in [-0.2, -0.15) is 9.29 Å². The lowest BCUT2D eigenvalue weighted by Gasteiger charge is -2.34. The van der Waals surface area contributed by atoms with Crippen LogP contribution in [0.3, 0.4) is 0 Å². The van der Waals surface area contributed by atoms with Crippen molar-refractivity contribution >= 4 is 44.9 Å². The number of anilines is 1. The molecule has 1 aromatic heterocycles. The van der Waals surface area contributed by atoms with Crippen molar-refractivity contribution in [1.82, 2.24) is 19.3 Å². The number of nitrogens with one attached hydrogen (secondary N) is 1. The summed E-state index contributed by atoms with van der Waals surface area (Å²) in [6, 6.07) is 8.65. The van der Waals surface area contributed by atoms with E-state index in [0.29, 0.717) is 45.5 Å². The van der Waals surface area contributed by atoms with E-state index in [0.717, 1.165) is 0 Å². The van der Waals surface area contributed by atoms with E-state index in [9.17, 15) is 17.6 Å². The smallest absolute Gasteiger partial charge is 0.321 e. The quantitative estimate of drug-likeness (QED) is 0.431. The first-order valence-corrected chi connectivity index (χ1v) is 14.4. The molecule has 0 atom stereocenters. The summed E-state index contributed by atoms with van der Waals surface area (Å²) in [4.78, 5) is 18.9. The van der Waals surface area contributed by atoms with Crippen molar-refractivity contribution in [1.29, 1.82) is 0 Å². The zero-order valence-corrected chi connectivity index (χ0v) is 23.1. The molecule has 1 saturated heterocycles. The van der Waals surface area contributed by atoms with Crippen molar-refractivity contribution in [2.45, 2.75) is 37.4 Å². The van der Waals surface area contributed by atoms with Crippen LogP contribution in [0.2, 0.25) is 10.0 Å². The van der Waals surface area contributed by atoms with Crippen LogP contribution in [-0.4, -0.2) is 65.2 Å². The maximum absolute atomic E-state index is 13.3. The minimum Gasteiger partial charge on any atom is -0.334 e. The zero-order valence-electron chi connectivity index (χ0n) is 20.7. The summed E-state index contributed by atoms with van der Waals surface area (Å²) < 4.78 is 44.9. The van der Waals surface area contributed by atoms with E-state index in [2.05, 4.69) is 15.5 Å². The number of urea groups is 1. The summed E-state index contributed by atoms with van der Waals surface area (Å²) in [5, 5.41) is 7.16. The van der Waals surface area contributed by atoms with E-state index in [1.54, 1.807) is 43.0 Å². The lowest BCUT2D eigenvalue weighted by molar-refractivity contribution is 0.184. The Kier molecular flexibility index (Phi) is 7.14. The first kappa shape index (κ1) is 26.9. The number of hydrogen-bond acceptors (Lipinski definition) is 6. The first-order chi connectivity index (χ1) is 18.0. The number of benzene rings is 2. The van der Waals surface area contributed by atoms with Crippen LogP contribution in [0.5, 0.6) is 0 Å². The van der Waals surface area contributed by atoms with Crippen LogP contribution in [0, 0.1) is 5.82 Å². The van der Waals surface area contributed by atoms with Crippen LogP contribution in [0.1, 0.15) is 38.1 Å². The summed E-state index contributed by atoms with van der Waals surface area (Å²) in [6.45, 7) is 4.30. The number of aromatic nitrogens is 2. The van der Waals surface area contributed by atoms with Crippen molar-refractivity contribution in [3.05, 3.63) is 63.6 Å². The summed E-state index contributed by atoms with van der Waals surface area (Å²) in [5.74, 6) is 0.342. The number of nitrogens with zero attached hydrogens (tertiary/aromatic N) is 4. The number of rotatable bonds is 6. The minimum atomic E-state index is -3.36. The monoisotopic (exact) mass is 581 g/mol. The molecule has 202 valence electrons. The van der Waals surface area contributed by atoms with Gasteiger partial charge in [-0.25, -0.2) is 17.6 Å². The second kappa shape index (κ2) is 10.1.